The number of aromatic nitrogens is 1. The number of benzene rings is 3. The van der Waals surface area contributed by atoms with Gasteiger partial charge in [0.2, 0.25) is 0 Å². The lowest BCUT2D eigenvalue weighted by Crippen LogP contribution is -2.36. The molecule has 4 aromatic rings. The summed E-state index contributed by atoms with van der Waals surface area (Å²) in [5.41, 5.74) is 1.97. The van der Waals surface area contributed by atoms with Gasteiger partial charge in [0, 0.05) is 41.6 Å². The average Bonchev–Trinajstić information content (AvgIpc) is 3.40. The third kappa shape index (κ3) is 5.49. The maximum Gasteiger partial charge on any atom is 0.293 e. The summed E-state index contributed by atoms with van der Waals surface area (Å²) in [6.45, 7) is 2.95. The highest BCUT2D eigenvalue weighted by molar-refractivity contribution is 7.90. The number of H-pyrrole nitrogens is 1. The lowest BCUT2D eigenvalue weighted by molar-refractivity contribution is -0.383. The van der Waals surface area contributed by atoms with E-state index in [1.165, 1.54) is 43.5 Å². The van der Waals surface area contributed by atoms with Gasteiger partial charge in [0.05, 0.1) is 30.1 Å². The predicted molar refractivity (Wildman–Crippen MR) is 145 cm³/mol. The molecule has 0 spiro atoms. The number of rotatable bonds is 8. The third-order valence-corrected chi connectivity index (χ3v) is 7.68. The second-order valence-corrected chi connectivity index (χ2v) is 10.4. The SMILES string of the molecule is COc1ccc(S(=O)(=O)NC(=O)c2cc3c(Nc4ccc(N5CCOCC5)cc4)ccc([N+](=O)[O-])c3[nH]2)cc1. The van der Waals surface area contributed by atoms with Gasteiger partial charge in [-0.2, -0.15) is 0 Å². The highest BCUT2D eigenvalue weighted by atomic mass is 32.2. The van der Waals surface area contributed by atoms with Gasteiger partial charge in [0.15, 0.2) is 0 Å². The van der Waals surface area contributed by atoms with Crippen LogP contribution in [0.1, 0.15) is 10.5 Å². The number of morpholine rings is 1. The molecule has 1 saturated heterocycles. The van der Waals surface area contributed by atoms with Crippen LogP contribution in [-0.4, -0.2) is 57.6 Å². The maximum absolute atomic E-state index is 12.9. The van der Waals surface area contributed by atoms with Crippen molar-refractivity contribution in [2.24, 2.45) is 0 Å². The third-order valence-electron chi connectivity index (χ3n) is 6.33. The van der Waals surface area contributed by atoms with E-state index in [-0.39, 0.29) is 21.8 Å². The van der Waals surface area contributed by atoms with Crippen molar-refractivity contribution in [1.29, 1.82) is 0 Å². The molecule has 0 aliphatic carbocycles. The fourth-order valence-electron chi connectivity index (χ4n) is 4.31. The highest BCUT2D eigenvalue weighted by Gasteiger charge is 2.24. The largest absolute Gasteiger partial charge is 0.497 e. The zero-order valence-electron chi connectivity index (χ0n) is 20.8. The smallest absolute Gasteiger partial charge is 0.293 e. The van der Waals surface area contributed by atoms with Gasteiger partial charge < -0.3 is 24.7 Å². The first-order chi connectivity index (χ1) is 18.7. The Morgan fingerprint density at radius 2 is 1.74 bits per heavy atom. The van der Waals surface area contributed by atoms with Crippen molar-refractivity contribution in [3.05, 3.63) is 82.5 Å². The Morgan fingerprint density at radius 1 is 1.05 bits per heavy atom. The van der Waals surface area contributed by atoms with Crippen molar-refractivity contribution < 1.29 is 27.6 Å². The zero-order valence-corrected chi connectivity index (χ0v) is 21.7. The summed E-state index contributed by atoms with van der Waals surface area (Å²) in [7, 11) is -2.76. The van der Waals surface area contributed by atoms with Gasteiger partial charge in [-0.25, -0.2) is 13.1 Å². The van der Waals surface area contributed by atoms with Crippen LogP contribution in [-0.2, 0) is 14.8 Å². The van der Waals surface area contributed by atoms with Crippen molar-refractivity contribution in [2.45, 2.75) is 4.90 Å². The number of hydrogen-bond donors (Lipinski definition) is 3. The van der Waals surface area contributed by atoms with Gasteiger partial charge >= 0.3 is 0 Å². The minimum absolute atomic E-state index is 0.0851. The molecule has 1 amide bonds. The molecule has 2 heterocycles. The van der Waals surface area contributed by atoms with E-state index in [0.29, 0.717) is 30.0 Å². The summed E-state index contributed by atoms with van der Waals surface area (Å²) in [6, 6.07) is 17.5. The number of ether oxygens (including phenoxy) is 2. The Labute approximate surface area is 223 Å². The average molecular weight is 552 g/mol. The predicted octanol–water partition coefficient (Wildman–Crippen LogP) is 3.78. The molecule has 202 valence electrons. The molecular formula is C26H25N5O7S. The molecule has 39 heavy (non-hydrogen) atoms. The molecule has 1 fully saturated rings. The lowest BCUT2D eigenvalue weighted by Gasteiger charge is -2.29. The van der Waals surface area contributed by atoms with Crippen LogP contribution in [0.2, 0.25) is 0 Å². The Bertz CT molecular complexity index is 1630. The van der Waals surface area contributed by atoms with Crippen molar-refractivity contribution in [1.82, 2.24) is 9.71 Å². The Kier molecular flexibility index (Phi) is 7.09. The van der Waals surface area contributed by atoms with E-state index in [9.17, 15) is 23.3 Å². The van der Waals surface area contributed by atoms with E-state index in [4.69, 9.17) is 9.47 Å². The van der Waals surface area contributed by atoms with E-state index >= 15 is 0 Å². The topological polar surface area (TPSA) is 156 Å². The van der Waals surface area contributed by atoms with Gasteiger partial charge in [-0.1, -0.05) is 0 Å². The summed E-state index contributed by atoms with van der Waals surface area (Å²) < 4.78 is 37.9. The first-order valence-corrected chi connectivity index (χ1v) is 13.4. The molecule has 0 unspecified atom stereocenters. The minimum atomic E-state index is -4.21. The maximum atomic E-state index is 12.9. The number of nitro benzene ring substituents is 1. The van der Waals surface area contributed by atoms with E-state index in [1.54, 1.807) is 6.07 Å². The minimum Gasteiger partial charge on any atom is -0.497 e. The summed E-state index contributed by atoms with van der Waals surface area (Å²) in [5.74, 6) is -0.504. The first kappa shape index (κ1) is 26.0. The number of sulfonamides is 1. The highest BCUT2D eigenvalue weighted by Crippen LogP contribution is 2.34. The molecular weight excluding hydrogens is 526 g/mol. The number of hydrogen-bond acceptors (Lipinski definition) is 9. The fraction of sp³-hybridized carbons (Fsp3) is 0.192. The van der Waals surface area contributed by atoms with E-state index in [0.717, 1.165) is 24.5 Å². The number of nitro groups is 1. The van der Waals surface area contributed by atoms with Crippen LogP contribution in [0.15, 0.2) is 71.6 Å². The van der Waals surface area contributed by atoms with Crippen LogP contribution in [0.3, 0.4) is 0 Å². The van der Waals surface area contributed by atoms with Crippen LogP contribution in [0.25, 0.3) is 10.9 Å². The normalized spacial score (nSPS) is 13.7. The molecule has 1 aliphatic rings. The number of nitrogens with one attached hydrogen (secondary N) is 3. The zero-order chi connectivity index (χ0) is 27.6. The van der Waals surface area contributed by atoms with E-state index in [2.05, 4.69) is 15.2 Å². The van der Waals surface area contributed by atoms with E-state index < -0.39 is 20.9 Å². The van der Waals surface area contributed by atoms with Gasteiger partial charge in [-0.05, 0) is 60.7 Å². The number of nitrogens with zero attached hydrogens (tertiary/aromatic N) is 2. The second kappa shape index (κ2) is 10.6. The molecule has 0 radical (unpaired) electrons. The number of carbonyl (C=O) groups excluding carboxylic acids is 1. The van der Waals surface area contributed by atoms with Crippen molar-refractivity contribution >= 4 is 49.6 Å². The summed E-state index contributed by atoms with van der Waals surface area (Å²) >= 11 is 0. The molecule has 3 N–H and O–H groups in total. The number of anilines is 3. The molecule has 1 aliphatic heterocycles. The Hall–Kier alpha value is -4.62. The monoisotopic (exact) mass is 551 g/mol. The molecule has 0 saturated carbocycles. The summed E-state index contributed by atoms with van der Waals surface area (Å²) in [6.07, 6.45) is 0. The molecule has 5 rings (SSSR count). The molecule has 13 heteroatoms. The van der Waals surface area contributed by atoms with Gasteiger partial charge in [-0.15, -0.1) is 0 Å². The Morgan fingerprint density at radius 3 is 2.38 bits per heavy atom. The number of methoxy groups -OCH3 is 1. The number of amides is 1. The van der Waals surface area contributed by atoms with Crippen molar-refractivity contribution in [2.75, 3.05) is 43.6 Å². The lowest BCUT2D eigenvalue weighted by atomic mass is 10.1. The van der Waals surface area contributed by atoms with Crippen LogP contribution in [0.4, 0.5) is 22.7 Å². The molecule has 12 nitrogen and oxygen atoms in total. The van der Waals surface area contributed by atoms with Gasteiger partial charge in [0.25, 0.3) is 21.6 Å². The second-order valence-electron chi connectivity index (χ2n) is 8.74. The molecule has 3 aromatic carbocycles. The van der Waals surface area contributed by atoms with Crippen LogP contribution in [0.5, 0.6) is 5.75 Å². The number of fused-ring (bicyclic) bond motifs is 1. The van der Waals surface area contributed by atoms with E-state index in [1.807, 2.05) is 29.0 Å². The Balaban J connectivity index is 1.42. The van der Waals surface area contributed by atoms with Crippen LogP contribution >= 0.6 is 0 Å². The summed E-state index contributed by atoms with van der Waals surface area (Å²) in [5, 5.41) is 15.3. The molecule has 0 atom stereocenters. The number of non-ortho nitro benzene ring substituents is 1. The fourth-order valence-corrected chi connectivity index (χ4v) is 5.28. The van der Waals surface area contributed by atoms with Gasteiger partial charge in [0.1, 0.15) is 17.0 Å². The quantitative estimate of drug-likeness (QED) is 0.219. The summed E-state index contributed by atoms with van der Waals surface area (Å²) in [4.78, 5) is 28.8. The van der Waals surface area contributed by atoms with Crippen molar-refractivity contribution in [3.8, 4) is 5.75 Å². The van der Waals surface area contributed by atoms with Gasteiger partial charge in [-0.3, -0.25) is 14.9 Å². The number of aromatic amines is 1. The molecule has 1 aromatic heterocycles. The molecule has 0 bridgehead atoms. The van der Waals surface area contributed by atoms with Crippen LogP contribution < -0.4 is 19.7 Å². The number of carbonyl (C=O) groups is 1. The van der Waals surface area contributed by atoms with Crippen LogP contribution in [0, 0.1) is 10.1 Å². The first-order valence-electron chi connectivity index (χ1n) is 12.0. The van der Waals surface area contributed by atoms with Crippen molar-refractivity contribution in [3.63, 3.8) is 0 Å². The standard InChI is InChI=1S/C26H25N5O7S/c1-37-19-6-8-20(9-7-19)39(35,36)29-26(32)23-16-21-22(10-11-24(31(33)34)25(21)28-23)27-17-2-4-18(5-3-17)30-12-14-38-15-13-30/h2-11,16,27-28H,12-15H2,1H3,(H,29,32).